The Morgan fingerprint density at radius 2 is 2.00 bits per heavy atom. The Morgan fingerprint density at radius 1 is 1.20 bits per heavy atom. The molecule has 156 valence electrons. The van der Waals surface area contributed by atoms with Crippen LogP contribution in [0.1, 0.15) is 34.3 Å². The molecule has 0 spiro atoms. The molecule has 1 saturated carbocycles. The van der Waals surface area contributed by atoms with Crippen molar-refractivity contribution in [2.45, 2.75) is 19.4 Å². The van der Waals surface area contributed by atoms with Crippen molar-refractivity contribution in [3.8, 4) is 17.6 Å². The van der Waals surface area contributed by atoms with Crippen molar-refractivity contribution in [3.63, 3.8) is 0 Å². The van der Waals surface area contributed by atoms with Gasteiger partial charge in [0.1, 0.15) is 11.5 Å². The van der Waals surface area contributed by atoms with Gasteiger partial charge in [0.15, 0.2) is 6.61 Å². The van der Waals surface area contributed by atoms with Gasteiger partial charge in [-0.1, -0.05) is 17.7 Å². The van der Waals surface area contributed by atoms with Crippen LogP contribution in [-0.2, 0) is 11.3 Å². The number of rotatable bonds is 9. The molecule has 30 heavy (non-hydrogen) atoms. The fraction of sp³-hybridized carbons (Fsp3) is 0.318. The number of halogens is 1. The van der Waals surface area contributed by atoms with E-state index < -0.39 is 0 Å². The van der Waals surface area contributed by atoms with E-state index >= 15 is 0 Å². The van der Waals surface area contributed by atoms with Crippen molar-refractivity contribution in [1.82, 2.24) is 10.6 Å². The van der Waals surface area contributed by atoms with Crippen LogP contribution >= 0.6 is 11.6 Å². The molecule has 8 heteroatoms. The number of carbonyl (C=O) groups excluding carboxylic acids is 2. The number of nitrogens with one attached hydrogen (secondary N) is 2. The topological polar surface area (TPSA) is 100 Å². The molecule has 2 N–H and O–H groups in total. The molecule has 0 unspecified atom stereocenters. The SMILES string of the molecule is COc1cc(Cl)cc(C(=O)NCc2ccc(C#N)cc2OCC(=O)NCC2CC2)c1. The maximum absolute atomic E-state index is 12.5. The molecular weight excluding hydrogens is 406 g/mol. The summed E-state index contributed by atoms with van der Waals surface area (Å²) in [4.78, 5) is 24.5. The summed E-state index contributed by atoms with van der Waals surface area (Å²) < 4.78 is 10.8. The van der Waals surface area contributed by atoms with E-state index in [1.54, 1.807) is 36.4 Å². The third kappa shape index (κ3) is 6.13. The monoisotopic (exact) mass is 427 g/mol. The Kier molecular flexibility index (Phi) is 7.15. The van der Waals surface area contributed by atoms with Gasteiger partial charge in [-0.15, -0.1) is 0 Å². The second-order valence-corrected chi connectivity index (χ2v) is 7.47. The number of nitrogens with zero attached hydrogens (tertiary/aromatic N) is 1. The van der Waals surface area contributed by atoms with E-state index in [0.717, 1.165) is 12.8 Å². The quantitative estimate of drug-likeness (QED) is 0.640. The van der Waals surface area contributed by atoms with Crippen LogP contribution in [0, 0.1) is 17.2 Å². The van der Waals surface area contributed by atoms with E-state index in [1.165, 1.54) is 7.11 Å². The van der Waals surface area contributed by atoms with E-state index in [2.05, 4.69) is 10.6 Å². The zero-order chi connectivity index (χ0) is 21.5. The summed E-state index contributed by atoms with van der Waals surface area (Å²) in [7, 11) is 1.49. The molecule has 2 aromatic carbocycles. The zero-order valence-electron chi connectivity index (χ0n) is 16.5. The first-order valence-corrected chi connectivity index (χ1v) is 9.91. The van der Waals surface area contributed by atoms with Gasteiger partial charge in [0.2, 0.25) is 0 Å². The molecule has 0 atom stereocenters. The Hall–Kier alpha value is -3.24. The summed E-state index contributed by atoms with van der Waals surface area (Å²) >= 11 is 6.02. The van der Waals surface area contributed by atoms with E-state index in [4.69, 9.17) is 26.3 Å². The lowest BCUT2D eigenvalue weighted by molar-refractivity contribution is -0.123. The predicted octanol–water partition coefficient (Wildman–Crippen LogP) is 3.06. The van der Waals surface area contributed by atoms with E-state index in [9.17, 15) is 9.59 Å². The summed E-state index contributed by atoms with van der Waals surface area (Å²) in [5.41, 5.74) is 1.40. The zero-order valence-corrected chi connectivity index (χ0v) is 17.3. The highest BCUT2D eigenvalue weighted by molar-refractivity contribution is 6.31. The average Bonchev–Trinajstić information content (AvgIpc) is 3.58. The van der Waals surface area contributed by atoms with Crippen LogP contribution in [0.3, 0.4) is 0 Å². The van der Waals surface area contributed by atoms with Gasteiger partial charge in [-0.25, -0.2) is 0 Å². The minimum Gasteiger partial charge on any atom is -0.497 e. The van der Waals surface area contributed by atoms with Crippen molar-refractivity contribution in [2.75, 3.05) is 20.3 Å². The number of amides is 2. The molecule has 0 radical (unpaired) electrons. The second-order valence-electron chi connectivity index (χ2n) is 7.03. The Balaban J connectivity index is 1.64. The maximum Gasteiger partial charge on any atom is 0.257 e. The van der Waals surface area contributed by atoms with Crippen molar-refractivity contribution in [1.29, 1.82) is 5.26 Å². The normalized spacial score (nSPS) is 12.6. The van der Waals surface area contributed by atoms with Gasteiger partial charge in [0.25, 0.3) is 11.8 Å². The molecule has 0 aromatic heterocycles. The molecule has 1 fully saturated rings. The lowest BCUT2D eigenvalue weighted by Gasteiger charge is -2.13. The molecule has 2 amide bonds. The molecule has 1 aliphatic rings. The third-order valence-corrected chi connectivity index (χ3v) is 4.87. The van der Waals surface area contributed by atoms with E-state index in [1.807, 2.05) is 6.07 Å². The Bertz CT molecular complexity index is 983. The standard InChI is InChI=1S/C22H22ClN3O4/c1-29-19-8-17(7-18(23)9-19)22(28)26-12-16-5-4-15(10-24)6-20(16)30-13-21(27)25-11-14-2-3-14/h4-9,14H,2-3,11-13H2,1H3,(H,25,27)(H,26,28). The van der Waals surface area contributed by atoms with Gasteiger partial charge >= 0.3 is 0 Å². The van der Waals surface area contributed by atoms with E-state index in [0.29, 0.717) is 45.7 Å². The minimum absolute atomic E-state index is 0.151. The van der Waals surface area contributed by atoms with Gasteiger partial charge in [-0.05, 0) is 49.1 Å². The number of nitriles is 1. The van der Waals surface area contributed by atoms with Crippen LogP contribution in [0.4, 0.5) is 0 Å². The molecule has 2 aromatic rings. The average molecular weight is 428 g/mol. The molecule has 3 rings (SSSR count). The first-order chi connectivity index (χ1) is 14.5. The predicted molar refractivity (Wildman–Crippen MR) is 112 cm³/mol. The number of hydrogen-bond donors (Lipinski definition) is 2. The van der Waals surface area contributed by atoms with Crippen LogP contribution in [0.2, 0.25) is 5.02 Å². The molecule has 0 bridgehead atoms. The summed E-state index contributed by atoms with van der Waals surface area (Å²) in [6.45, 7) is 0.652. The van der Waals surface area contributed by atoms with Gasteiger partial charge in [0, 0.05) is 29.2 Å². The molecular formula is C22H22ClN3O4. The summed E-state index contributed by atoms with van der Waals surface area (Å²) in [6.07, 6.45) is 2.29. The van der Waals surface area contributed by atoms with E-state index in [-0.39, 0.29) is 25.0 Å². The summed E-state index contributed by atoms with van der Waals surface area (Å²) in [6, 6.07) is 11.7. The largest absolute Gasteiger partial charge is 0.497 e. The Morgan fingerprint density at radius 3 is 2.70 bits per heavy atom. The van der Waals surface area contributed by atoms with Crippen LogP contribution < -0.4 is 20.1 Å². The van der Waals surface area contributed by atoms with Crippen LogP contribution in [0.25, 0.3) is 0 Å². The number of ether oxygens (including phenoxy) is 2. The number of benzene rings is 2. The number of hydrogen-bond acceptors (Lipinski definition) is 5. The fourth-order valence-corrected chi connectivity index (χ4v) is 2.99. The minimum atomic E-state index is -0.340. The van der Waals surface area contributed by atoms with Crippen molar-refractivity contribution in [2.24, 2.45) is 5.92 Å². The second kappa shape index (κ2) is 9.99. The molecule has 0 heterocycles. The summed E-state index contributed by atoms with van der Waals surface area (Å²) in [5, 5.41) is 15.2. The Labute approximate surface area is 179 Å². The molecule has 0 saturated heterocycles. The summed E-state index contributed by atoms with van der Waals surface area (Å²) in [5.74, 6) is 0.872. The van der Waals surface area contributed by atoms with Crippen LogP contribution in [0.5, 0.6) is 11.5 Å². The smallest absolute Gasteiger partial charge is 0.257 e. The fourth-order valence-electron chi connectivity index (χ4n) is 2.77. The van der Waals surface area contributed by atoms with Gasteiger partial charge in [-0.2, -0.15) is 5.26 Å². The van der Waals surface area contributed by atoms with Crippen LogP contribution in [-0.4, -0.2) is 32.1 Å². The lowest BCUT2D eigenvalue weighted by Crippen LogP contribution is -2.30. The van der Waals surface area contributed by atoms with Gasteiger partial charge < -0.3 is 20.1 Å². The number of carbonyl (C=O) groups is 2. The number of methoxy groups -OCH3 is 1. The van der Waals surface area contributed by atoms with Gasteiger partial charge in [0.05, 0.1) is 18.7 Å². The lowest BCUT2D eigenvalue weighted by atomic mass is 10.1. The maximum atomic E-state index is 12.5. The van der Waals surface area contributed by atoms with Crippen molar-refractivity contribution in [3.05, 3.63) is 58.1 Å². The van der Waals surface area contributed by atoms with Crippen molar-refractivity contribution >= 4 is 23.4 Å². The molecule has 7 nitrogen and oxygen atoms in total. The highest BCUT2D eigenvalue weighted by Crippen LogP contribution is 2.27. The van der Waals surface area contributed by atoms with Crippen molar-refractivity contribution < 1.29 is 19.1 Å². The van der Waals surface area contributed by atoms with Gasteiger partial charge in [-0.3, -0.25) is 9.59 Å². The highest BCUT2D eigenvalue weighted by atomic mass is 35.5. The highest BCUT2D eigenvalue weighted by Gasteiger charge is 2.21. The first kappa shape index (κ1) is 21.5. The molecule has 0 aliphatic heterocycles. The first-order valence-electron chi connectivity index (χ1n) is 9.54. The third-order valence-electron chi connectivity index (χ3n) is 4.65. The van der Waals surface area contributed by atoms with Crippen LogP contribution in [0.15, 0.2) is 36.4 Å². The molecule has 1 aliphatic carbocycles.